The van der Waals surface area contributed by atoms with Gasteiger partial charge in [0.15, 0.2) is 0 Å². The van der Waals surface area contributed by atoms with E-state index in [4.69, 9.17) is 255 Å². The van der Waals surface area contributed by atoms with Crippen LogP contribution in [0.2, 0.25) is 110 Å². The molecule has 0 saturated carbocycles. The van der Waals surface area contributed by atoms with Crippen LogP contribution in [0.1, 0.15) is 11.1 Å². The van der Waals surface area contributed by atoms with Gasteiger partial charge in [0.25, 0.3) is 0 Å². The highest BCUT2D eigenvalue weighted by Gasteiger charge is 2.43. The average molecular weight is 1530 g/mol. The number of rotatable bonds is 0. The highest BCUT2D eigenvalue weighted by atomic mass is 35.5. The zero-order chi connectivity index (χ0) is 58.6. The van der Waals surface area contributed by atoms with Crippen molar-refractivity contribution in [3.05, 3.63) is 122 Å². The first-order valence-corrected chi connectivity index (χ1v) is 33.0. The molecule has 84 heavy (non-hydrogen) atoms. The van der Waals surface area contributed by atoms with Gasteiger partial charge in [-0.15, -0.1) is 0 Å². The number of hydrogen-bond donors (Lipinski definition) is 0. The van der Waals surface area contributed by atoms with Gasteiger partial charge in [0.05, 0.1) is 110 Å². The molecular formula is C62H6Cl22. The minimum absolute atomic E-state index is 0.0184. The molecule has 0 atom stereocenters. The zero-order valence-electron chi connectivity index (χ0n) is 40.3. The second kappa shape index (κ2) is 16.6. The Morgan fingerprint density at radius 3 is 0.321 bits per heavy atom. The standard InChI is InChI=1S/C62H6Cl22/c1-3-41(63)35-29-17-11-5-7-8-6-10-9(5)15-21-22-16(10)28(52(74)58(80)34(22)40-39(59(81)61(83)62(84)60(40)82)33(21)57(79)51(73)27(15)23(11)47(69)53(29)75)24-12(6)18-20-14(8)26(25-13(7)19(17)31(55(77)49(25)71)37(35)45(67)43(3)65)50(72)56(78)32(20)38-36(30(18)54(76)48(24)70)42(64)4(2)44(66)46(38)68/h1-2H3. The van der Waals surface area contributed by atoms with E-state index in [0.29, 0.717) is 205 Å². The molecule has 22 heteroatoms. The SMILES string of the molecule is Cc1c(Cl)c(Cl)c2c(c1Cl)c1c(Cl)c(Cl)c3c4c(Cl)c(Cl)c5c6c(Cl)c(Cl)c(Cl)c(Cl)c6c6c(Cl)c(Cl)c7c8c(Cl)c(Cl)c9c%10c(Cl)c(C)c(Cl)c(Cl)c%10c%10c(Cl)c(Cl)c%11c%12c(Cl)c(Cl)c2c2c1c3c1c3c4c5c6c7c3c3c8c9c%10c%11c3c1c%122. The van der Waals surface area contributed by atoms with Gasteiger partial charge >= 0.3 is 0 Å². The maximum absolute atomic E-state index is 8.04. The second-order valence-corrected chi connectivity index (χ2v) is 30.0. The normalized spacial score (nSPS) is 13.7. The van der Waals surface area contributed by atoms with Gasteiger partial charge in [0.1, 0.15) is 0 Å². The van der Waals surface area contributed by atoms with Crippen molar-refractivity contribution in [1.29, 1.82) is 0 Å². The Labute approximate surface area is 577 Å². The van der Waals surface area contributed by atoms with E-state index in [0.717, 1.165) is 0 Å². The fraction of sp³-hybridized carbons (Fsp3) is 0.0323. The Morgan fingerprint density at radius 2 is 0.179 bits per heavy atom. The van der Waals surface area contributed by atoms with Gasteiger partial charge < -0.3 is 0 Å². The van der Waals surface area contributed by atoms with E-state index in [1.54, 1.807) is 13.8 Å². The molecule has 0 N–H and O–H groups in total. The van der Waals surface area contributed by atoms with Gasteiger partial charge in [-0.25, -0.2) is 0 Å². The molecule has 0 heterocycles. The molecule has 0 aliphatic heterocycles. The molecule has 0 nitrogen and oxygen atoms in total. The summed E-state index contributed by atoms with van der Waals surface area (Å²) >= 11 is 169. The highest BCUT2D eigenvalue weighted by Crippen LogP contribution is 2.71. The van der Waals surface area contributed by atoms with E-state index >= 15 is 0 Å². The molecule has 0 amide bonds. The molecule has 0 bridgehead atoms. The van der Waals surface area contributed by atoms with Crippen LogP contribution in [0, 0.1) is 13.8 Å². The van der Waals surface area contributed by atoms with Crippen LogP contribution in [-0.4, -0.2) is 0 Å². The maximum atomic E-state index is 8.04. The van der Waals surface area contributed by atoms with E-state index < -0.39 is 0 Å². The summed E-state index contributed by atoms with van der Waals surface area (Å²) in [6.07, 6.45) is 0. The first kappa shape index (κ1) is 54.3. The highest BCUT2D eigenvalue weighted by molar-refractivity contribution is 6.76. The van der Waals surface area contributed by atoms with Gasteiger partial charge in [-0.05, 0) is 25.0 Å². The molecule has 0 aromatic heterocycles. The minimum Gasteiger partial charge on any atom is -0.0833 e. The third-order valence-corrected chi connectivity index (χ3v) is 28.4. The van der Waals surface area contributed by atoms with Crippen LogP contribution in [0.15, 0.2) is 0 Å². The van der Waals surface area contributed by atoms with Crippen molar-refractivity contribution in [2.45, 2.75) is 13.8 Å². The van der Waals surface area contributed by atoms with Crippen LogP contribution in [0.4, 0.5) is 0 Å². The number of fused-ring (bicyclic) bond motifs is 12. The van der Waals surface area contributed by atoms with E-state index in [9.17, 15) is 0 Å². The summed E-state index contributed by atoms with van der Waals surface area (Å²) < 4.78 is 0. The predicted octanol–water partition coefficient (Wildman–Crippen LogP) is 32.4. The Kier molecular flexibility index (Phi) is 10.7. The lowest BCUT2D eigenvalue weighted by Crippen LogP contribution is -2.05. The molecule has 0 unspecified atom stereocenters. The van der Waals surface area contributed by atoms with Gasteiger partial charge in [-0.2, -0.15) is 0 Å². The third-order valence-electron chi connectivity index (χ3n) is 18.6. The molecule has 0 saturated heterocycles. The molecular weight excluding hydrogens is 1520 g/mol. The summed E-state index contributed by atoms with van der Waals surface area (Å²) in [5.41, 5.74) is 0.949. The van der Waals surface area contributed by atoms with Crippen molar-refractivity contribution < 1.29 is 0 Å². The van der Waals surface area contributed by atoms with Crippen LogP contribution >= 0.6 is 255 Å². The van der Waals surface area contributed by atoms with E-state index in [1.165, 1.54) is 0 Å². The fourth-order valence-corrected chi connectivity index (χ4v) is 21.9. The quantitative estimate of drug-likeness (QED) is 0.0614. The average Bonchev–Trinajstić information content (AvgIpc) is 0.640. The van der Waals surface area contributed by atoms with E-state index in [-0.39, 0.29) is 110 Å². The van der Waals surface area contributed by atoms with Gasteiger partial charge in [0.2, 0.25) is 0 Å². The molecule has 0 aliphatic carbocycles. The topological polar surface area (TPSA) is 0 Å². The summed E-state index contributed by atoms with van der Waals surface area (Å²) in [6, 6.07) is 0. The van der Waals surface area contributed by atoms with E-state index in [2.05, 4.69) is 0 Å². The lowest BCUT2D eigenvalue weighted by atomic mass is 9.70. The molecule has 0 fully saturated rings. The maximum Gasteiger partial charge on any atom is 0.0800 e. The predicted molar refractivity (Wildman–Crippen MR) is 382 cm³/mol. The summed E-state index contributed by atoms with van der Waals surface area (Å²) in [6.45, 7) is 3.53. The monoisotopic (exact) mass is 1520 g/mol. The van der Waals surface area contributed by atoms with Crippen molar-refractivity contribution >= 4 is 449 Å². The van der Waals surface area contributed by atoms with Gasteiger partial charge in [-0.3, -0.25) is 0 Å². The summed E-state index contributed by atoms with van der Waals surface area (Å²) in [7, 11) is 0. The molecule has 408 valence electrons. The minimum atomic E-state index is -0.0429. The zero-order valence-corrected chi connectivity index (χ0v) is 56.9. The number of hydrogen-bond acceptors (Lipinski definition) is 0. The van der Waals surface area contributed by atoms with E-state index in [1.807, 2.05) is 0 Å². The Hall–Kier alpha value is -1.42. The smallest absolute Gasteiger partial charge is 0.0800 e. The first-order chi connectivity index (χ1) is 39.9. The van der Waals surface area contributed by atoms with Crippen LogP contribution < -0.4 is 0 Å². The van der Waals surface area contributed by atoms with Gasteiger partial charge in [0, 0.05) is 194 Å². The lowest BCUT2D eigenvalue weighted by Gasteiger charge is -2.34. The third kappa shape index (κ3) is 5.29. The largest absolute Gasteiger partial charge is 0.0833 e. The summed E-state index contributed by atoms with van der Waals surface area (Å²) in [5.74, 6) is 0. The first-order valence-electron chi connectivity index (χ1n) is 24.7. The fourth-order valence-electron chi connectivity index (χ4n) is 15.8. The van der Waals surface area contributed by atoms with Crippen molar-refractivity contribution in [1.82, 2.24) is 0 Å². The van der Waals surface area contributed by atoms with Crippen molar-refractivity contribution in [3.63, 3.8) is 0 Å². The molecule has 0 aliphatic rings. The Balaban J connectivity index is 1.35. The van der Waals surface area contributed by atoms with Crippen LogP contribution in [0.3, 0.4) is 0 Å². The van der Waals surface area contributed by atoms with Crippen molar-refractivity contribution in [2.75, 3.05) is 0 Å². The molecule has 0 spiro atoms. The van der Waals surface area contributed by atoms with Crippen LogP contribution in [0.25, 0.3) is 194 Å². The summed E-state index contributed by atoms with van der Waals surface area (Å²) in [5, 5.41) is 20.5. The van der Waals surface area contributed by atoms with Crippen molar-refractivity contribution in [2.24, 2.45) is 0 Å². The second-order valence-electron chi connectivity index (χ2n) is 21.7. The van der Waals surface area contributed by atoms with Gasteiger partial charge in [-0.1, -0.05) is 255 Å². The molecule has 19 rings (SSSR count). The lowest BCUT2D eigenvalue weighted by molar-refractivity contribution is 1.51. The molecule has 19 aromatic rings. The summed E-state index contributed by atoms with van der Waals surface area (Å²) in [4.78, 5) is 0. The van der Waals surface area contributed by atoms with Crippen LogP contribution in [0.5, 0.6) is 0 Å². The Bertz CT molecular complexity index is 5550. The molecule has 0 radical (unpaired) electrons. The van der Waals surface area contributed by atoms with Crippen molar-refractivity contribution in [3.8, 4) is 0 Å². The molecule has 19 aromatic carbocycles. The number of halogens is 22. The van der Waals surface area contributed by atoms with Crippen LogP contribution in [-0.2, 0) is 0 Å². The number of benzene rings is 19. The Morgan fingerprint density at radius 1 is 0.0952 bits per heavy atom.